The minimum absolute atomic E-state index is 0.0535. The van der Waals surface area contributed by atoms with Crippen LogP contribution >= 0.6 is 0 Å². The zero-order chi connectivity index (χ0) is 29.0. The number of Topliss-reactive ketones (excluding diaryl/α,β-unsaturated/α-hetero) is 1. The van der Waals surface area contributed by atoms with Gasteiger partial charge in [-0.15, -0.1) is 0 Å². The van der Waals surface area contributed by atoms with Crippen LogP contribution in [0.2, 0.25) is 0 Å². The van der Waals surface area contributed by atoms with Crippen LogP contribution in [0.25, 0.3) is 5.76 Å². The Bertz CT molecular complexity index is 1360. The number of ether oxygens (including phenoxy) is 2. The number of hydrogen-bond acceptors (Lipinski definition) is 5. The van der Waals surface area contributed by atoms with Crippen LogP contribution in [0.4, 0.5) is 0 Å². The number of nitrogens with zero attached hydrogens (tertiary/aromatic N) is 1. The molecule has 40 heavy (non-hydrogen) atoms. The molecule has 0 aliphatic carbocycles. The summed E-state index contributed by atoms with van der Waals surface area (Å²) < 4.78 is 11.3. The zero-order valence-electron chi connectivity index (χ0n) is 24.2. The summed E-state index contributed by atoms with van der Waals surface area (Å²) in [4.78, 5) is 28.4. The van der Waals surface area contributed by atoms with Crippen molar-refractivity contribution in [3.63, 3.8) is 0 Å². The van der Waals surface area contributed by atoms with Crippen molar-refractivity contribution in [2.75, 3.05) is 13.2 Å². The number of benzene rings is 3. The molecule has 4 rings (SSSR count). The molecular formula is C34H39NO5. The topological polar surface area (TPSA) is 76.1 Å². The van der Waals surface area contributed by atoms with Crippen molar-refractivity contribution < 1.29 is 24.2 Å². The molecule has 0 spiro atoms. The molecule has 0 bridgehead atoms. The van der Waals surface area contributed by atoms with E-state index in [1.807, 2.05) is 55.5 Å². The third kappa shape index (κ3) is 6.39. The minimum atomic E-state index is -0.738. The van der Waals surface area contributed by atoms with Crippen molar-refractivity contribution in [3.8, 4) is 11.5 Å². The van der Waals surface area contributed by atoms with E-state index in [2.05, 4.69) is 34.6 Å². The molecule has 0 saturated carbocycles. The smallest absolute Gasteiger partial charge is 0.295 e. The molecule has 1 amide bonds. The summed E-state index contributed by atoms with van der Waals surface area (Å²) in [6, 6.07) is 21.6. The van der Waals surface area contributed by atoms with Crippen LogP contribution in [0.3, 0.4) is 0 Å². The molecule has 1 N–H and O–H groups in total. The molecule has 3 aromatic carbocycles. The van der Waals surface area contributed by atoms with Crippen LogP contribution in [0.15, 0.2) is 78.4 Å². The standard InChI is InChI=1S/C34H39NO5/c1-7-39-27-16-8-23(9-17-27)20-35-30(24-10-14-26(15-11-24)34(4,5)6)29(32(37)33(35)38)31(36)25-12-18-28(19-13-25)40-21-22(2)3/h8-19,22,30,36H,7,20-21H2,1-6H3/b31-29-. The lowest BCUT2D eigenvalue weighted by Gasteiger charge is -2.26. The largest absolute Gasteiger partial charge is 0.507 e. The number of aliphatic hydroxyl groups excluding tert-OH is 1. The Kier molecular flexibility index (Phi) is 8.67. The molecule has 6 heteroatoms. The maximum absolute atomic E-state index is 13.5. The summed E-state index contributed by atoms with van der Waals surface area (Å²) in [5.41, 5.74) is 3.23. The first-order valence-electron chi connectivity index (χ1n) is 13.8. The Hall–Kier alpha value is -4.06. The van der Waals surface area contributed by atoms with Crippen molar-refractivity contribution in [1.29, 1.82) is 0 Å². The number of likely N-dealkylation sites (tertiary alicyclic amines) is 1. The van der Waals surface area contributed by atoms with Gasteiger partial charge in [-0.1, -0.05) is 71.0 Å². The van der Waals surface area contributed by atoms with Gasteiger partial charge >= 0.3 is 0 Å². The fraction of sp³-hybridized carbons (Fsp3) is 0.353. The summed E-state index contributed by atoms with van der Waals surface area (Å²) in [5.74, 6) is 0.251. The highest BCUT2D eigenvalue weighted by molar-refractivity contribution is 6.46. The van der Waals surface area contributed by atoms with E-state index in [9.17, 15) is 14.7 Å². The second-order valence-electron chi connectivity index (χ2n) is 11.6. The van der Waals surface area contributed by atoms with E-state index < -0.39 is 17.7 Å². The highest BCUT2D eigenvalue weighted by Crippen LogP contribution is 2.41. The molecule has 3 aromatic rings. The molecule has 0 radical (unpaired) electrons. The van der Waals surface area contributed by atoms with E-state index in [4.69, 9.17) is 9.47 Å². The van der Waals surface area contributed by atoms with Crippen molar-refractivity contribution in [2.24, 2.45) is 5.92 Å². The maximum Gasteiger partial charge on any atom is 0.295 e. The highest BCUT2D eigenvalue weighted by Gasteiger charge is 2.46. The molecule has 1 unspecified atom stereocenters. The Morgan fingerprint density at radius 1 is 0.875 bits per heavy atom. The van der Waals surface area contributed by atoms with Gasteiger partial charge in [0.15, 0.2) is 0 Å². The zero-order valence-corrected chi connectivity index (χ0v) is 24.2. The number of hydrogen-bond donors (Lipinski definition) is 1. The lowest BCUT2D eigenvalue weighted by atomic mass is 9.85. The van der Waals surface area contributed by atoms with Gasteiger partial charge in [0.1, 0.15) is 17.3 Å². The van der Waals surface area contributed by atoms with Gasteiger partial charge in [-0.05, 0) is 71.3 Å². The fourth-order valence-corrected chi connectivity index (χ4v) is 4.74. The lowest BCUT2D eigenvalue weighted by molar-refractivity contribution is -0.140. The first-order chi connectivity index (χ1) is 19.0. The fourth-order valence-electron chi connectivity index (χ4n) is 4.74. The van der Waals surface area contributed by atoms with Gasteiger partial charge in [-0.2, -0.15) is 0 Å². The molecule has 1 fully saturated rings. The first-order valence-corrected chi connectivity index (χ1v) is 13.8. The van der Waals surface area contributed by atoms with Crippen LogP contribution in [0, 0.1) is 5.92 Å². The third-order valence-electron chi connectivity index (χ3n) is 6.93. The molecule has 1 saturated heterocycles. The predicted molar refractivity (Wildman–Crippen MR) is 157 cm³/mol. The van der Waals surface area contributed by atoms with Crippen LogP contribution in [0.1, 0.15) is 69.8 Å². The highest BCUT2D eigenvalue weighted by atomic mass is 16.5. The monoisotopic (exact) mass is 541 g/mol. The Morgan fingerprint density at radius 3 is 2.00 bits per heavy atom. The van der Waals surface area contributed by atoms with Crippen molar-refractivity contribution in [2.45, 2.75) is 59.5 Å². The number of carbonyl (C=O) groups excluding carboxylic acids is 2. The Labute approximate surface area is 237 Å². The maximum atomic E-state index is 13.5. The number of ketones is 1. The average Bonchev–Trinajstić information content (AvgIpc) is 3.17. The molecule has 1 heterocycles. The van der Waals surface area contributed by atoms with Crippen molar-refractivity contribution >= 4 is 17.4 Å². The minimum Gasteiger partial charge on any atom is -0.507 e. The summed E-state index contributed by atoms with van der Waals surface area (Å²) in [6.45, 7) is 13.8. The number of carbonyl (C=O) groups is 2. The molecular weight excluding hydrogens is 502 g/mol. The van der Waals surface area contributed by atoms with Gasteiger partial charge in [0.05, 0.1) is 24.8 Å². The van der Waals surface area contributed by atoms with Gasteiger partial charge in [0.2, 0.25) is 0 Å². The van der Waals surface area contributed by atoms with E-state index in [-0.39, 0.29) is 23.3 Å². The second kappa shape index (κ2) is 12.0. The van der Waals surface area contributed by atoms with Crippen LogP contribution in [-0.4, -0.2) is 34.9 Å². The van der Waals surface area contributed by atoms with E-state index in [0.29, 0.717) is 30.4 Å². The third-order valence-corrected chi connectivity index (χ3v) is 6.93. The van der Waals surface area contributed by atoms with E-state index in [1.54, 1.807) is 24.3 Å². The number of amides is 1. The number of aliphatic hydroxyl groups is 1. The van der Waals surface area contributed by atoms with Crippen LogP contribution in [-0.2, 0) is 21.5 Å². The second-order valence-corrected chi connectivity index (χ2v) is 11.6. The van der Waals surface area contributed by atoms with Crippen LogP contribution in [0.5, 0.6) is 11.5 Å². The quantitative estimate of drug-likeness (QED) is 0.179. The van der Waals surface area contributed by atoms with Gasteiger partial charge in [-0.3, -0.25) is 9.59 Å². The van der Waals surface area contributed by atoms with Crippen LogP contribution < -0.4 is 9.47 Å². The summed E-state index contributed by atoms with van der Waals surface area (Å²) in [7, 11) is 0. The predicted octanol–water partition coefficient (Wildman–Crippen LogP) is 7.04. The normalized spacial score (nSPS) is 17.0. The SMILES string of the molecule is CCOc1ccc(CN2C(=O)C(=O)/C(=C(\O)c3ccc(OCC(C)C)cc3)C2c2ccc(C(C)(C)C)cc2)cc1. The average molecular weight is 542 g/mol. The van der Waals surface area contributed by atoms with Crippen molar-refractivity contribution in [3.05, 3.63) is 101 Å². The van der Waals surface area contributed by atoms with Gasteiger partial charge < -0.3 is 19.5 Å². The Morgan fingerprint density at radius 2 is 1.45 bits per heavy atom. The molecule has 210 valence electrons. The van der Waals surface area contributed by atoms with E-state index in [1.165, 1.54) is 4.90 Å². The van der Waals surface area contributed by atoms with E-state index >= 15 is 0 Å². The number of rotatable bonds is 9. The first kappa shape index (κ1) is 28.9. The molecule has 0 aromatic heterocycles. The molecule has 6 nitrogen and oxygen atoms in total. The van der Waals surface area contributed by atoms with Crippen molar-refractivity contribution in [1.82, 2.24) is 4.90 Å². The van der Waals surface area contributed by atoms with Gasteiger partial charge in [-0.25, -0.2) is 0 Å². The summed E-state index contributed by atoms with van der Waals surface area (Å²) in [5, 5.41) is 11.4. The Balaban J connectivity index is 1.75. The van der Waals surface area contributed by atoms with E-state index in [0.717, 1.165) is 22.4 Å². The molecule has 1 aliphatic heterocycles. The summed E-state index contributed by atoms with van der Waals surface area (Å²) in [6.07, 6.45) is 0. The van der Waals surface area contributed by atoms with Gasteiger partial charge in [0, 0.05) is 12.1 Å². The molecule has 1 atom stereocenters. The molecule has 1 aliphatic rings. The van der Waals surface area contributed by atoms with Gasteiger partial charge in [0.25, 0.3) is 11.7 Å². The summed E-state index contributed by atoms with van der Waals surface area (Å²) >= 11 is 0. The lowest BCUT2D eigenvalue weighted by Crippen LogP contribution is -2.29.